The maximum absolute atomic E-state index is 10.4. The van der Waals surface area contributed by atoms with Crippen LogP contribution in [-0.2, 0) is 4.79 Å². The van der Waals surface area contributed by atoms with Crippen molar-refractivity contribution in [3.8, 4) is 11.5 Å². The molecule has 2 nitrogen and oxygen atoms in total. The van der Waals surface area contributed by atoms with Crippen molar-refractivity contribution < 1.29 is 9.53 Å². The first kappa shape index (κ1) is 21.4. The van der Waals surface area contributed by atoms with E-state index in [1.54, 1.807) is 6.92 Å². The number of ketones is 1. The lowest BCUT2D eigenvalue weighted by Gasteiger charge is -2.04. The molecule has 0 bridgehead atoms. The van der Waals surface area contributed by atoms with Crippen LogP contribution in [0.1, 0.15) is 41.0 Å². The minimum absolute atomic E-state index is 0.264. The average Bonchev–Trinajstić information content (AvgIpc) is 2.57. The Kier molecular flexibility index (Phi) is 12.0. The zero-order chi connectivity index (χ0) is 17.7. The summed E-state index contributed by atoms with van der Waals surface area (Å²) in [5, 5.41) is 0. The molecule has 1 atom stereocenters. The Labute approximate surface area is 149 Å². The first-order chi connectivity index (χ1) is 11.0. The Morgan fingerprint density at radius 2 is 1.61 bits per heavy atom. The van der Waals surface area contributed by atoms with E-state index in [0.717, 1.165) is 22.4 Å². The van der Waals surface area contributed by atoms with Crippen molar-refractivity contribution in [2.24, 2.45) is 5.92 Å². The Morgan fingerprint density at radius 1 is 1.04 bits per heavy atom. The number of halogens is 1. The Hall–Kier alpha value is -1.61. The van der Waals surface area contributed by atoms with Crippen LogP contribution in [0.5, 0.6) is 11.5 Å². The summed E-state index contributed by atoms with van der Waals surface area (Å²) in [6, 6.07) is 17.5. The van der Waals surface area contributed by atoms with Gasteiger partial charge in [-0.2, -0.15) is 0 Å². The van der Waals surface area contributed by atoms with Crippen LogP contribution in [-0.4, -0.2) is 5.78 Å². The summed E-state index contributed by atoms with van der Waals surface area (Å²) in [7, 11) is 0. The zero-order valence-electron chi connectivity index (χ0n) is 14.7. The van der Waals surface area contributed by atoms with Crippen LogP contribution in [0.15, 0.2) is 59.1 Å². The fourth-order valence-electron chi connectivity index (χ4n) is 1.44. The van der Waals surface area contributed by atoms with Crippen LogP contribution in [0.25, 0.3) is 0 Å². The second kappa shape index (κ2) is 12.9. The number of benzene rings is 2. The van der Waals surface area contributed by atoms with Gasteiger partial charge in [0.2, 0.25) is 0 Å². The van der Waals surface area contributed by atoms with Gasteiger partial charge >= 0.3 is 0 Å². The lowest BCUT2D eigenvalue weighted by atomic mass is 10.1. The third kappa shape index (κ3) is 9.90. The Bertz CT molecular complexity index is 553. The van der Waals surface area contributed by atoms with E-state index in [9.17, 15) is 4.79 Å². The minimum Gasteiger partial charge on any atom is -0.457 e. The molecular formula is C20H27BrO2. The van der Waals surface area contributed by atoms with Crippen molar-refractivity contribution in [2.75, 3.05) is 0 Å². The topological polar surface area (TPSA) is 26.3 Å². The highest BCUT2D eigenvalue weighted by Gasteiger charge is 2.01. The van der Waals surface area contributed by atoms with E-state index in [0.29, 0.717) is 5.78 Å². The van der Waals surface area contributed by atoms with Crippen LogP contribution in [0.4, 0.5) is 0 Å². The molecule has 126 valence electrons. The van der Waals surface area contributed by atoms with Crippen molar-refractivity contribution in [3.05, 3.63) is 59.1 Å². The van der Waals surface area contributed by atoms with Crippen molar-refractivity contribution in [1.29, 1.82) is 0 Å². The van der Waals surface area contributed by atoms with E-state index in [1.165, 1.54) is 0 Å². The van der Waals surface area contributed by atoms with E-state index in [2.05, 4.69) is 15.9 Å². The van der Waals surface area contributed by atoms with Gasteiger partial charge in [-0.3, -0.25) is 4.79 Å². The van der Waals surface area contributed by atoms with E-state index < -0.39 is 0 Å². The molecule has 1 unspecified atom stereocenters. The van der Waals surface area contributed by atoms with E-state index in [-0.39, 0.29) is 5.92 Å². The summed E-state index contributed by atoms with van der Waals surface area (Å²) < 4.78 is 6.65. The number of hydrogen-bond acceptors (Lipinski definition) is 2. The second-order valence-corrected chi connectivity index (χ2v) is 5.71. The lowest BCUT2D eigenvalue weighted by Crippen LogP contribution is -2.03. The standard InChI is InChI=1S/C12H9BrO.C6H12O.C2H6/c13-10-5-4-8-12(9-10)14-11-6-2-1-3-7-11;1-4-5(2)6(3)7;1-2/h1-9H;5H,4H2,1-3H3;1-2H3. The molecule has 2 rings (SSSR count). The third-order valence-electron chi connectivity index (χ3n) is 3.08. The van der Waals surface area contributed by atoms with Crippen molar-refractivity contribution in [2.45, 2.75) is 41.0 Å². The molecule has 0 aromatic heterocycles. The summed E-state index contributed by atoms with van der Waals surface area (Å²) in [6.45, 7) is 9.60. The molecule has 0 amide bonds. The van der Waals surface area contributed by atoms with Gasteiger partial charge in [0.05, 0.1) is 0 Å². The molecule has 0 aliphatic carbocycles. The van der Waals surface area contributed by atoms with Gasteiger partial charge in [-0.1, -0.05) is 67.9 Å². The molecule has 0 fully saturated rings. The maximum Gasteiger partial charge on any atom is 0.132 e. The number of para-hydroxylation sites is 1. The SMILES string of the molecule is Brc1cccc(Oc2ccccc2)c1.CC.CCC(C)C(C)=O. The summed E-state index contributed by atoms with van der Waals surface area (Å²) in [5.74, 6) is 2.25. The number of rotatable bonds is 4. The normalized spacial score (nSPS) is 10.3. The molecule has 0 saturated carbocycles. The fraction of sp³-hybridized carbons (Fsp3) is 0.350. The molecule has 23 heavy (non-hydrogen) atoms. The van der Waals surface area contributed by atoms with Gasteiger partial charge in [-0.15, -0.1) is 0 Å². The van der Waals surface area contributed by atoms with Gasteiger partial charge in [0.15, 0.2) is 0 Å². The van der Waals surface area contributed by atoms with Crippen molar-refractivity contribution in [3.63, 3.8) is 0 Å². The number of hydrogen-bond donors (Lipinski definition) is 0. The van der Waals surface area contributed by atoms with Gasteiger partial charge in [-0.25, -0.2) is 0 Å². The van der Waals surface area contributed by atoms with Crippen LogP contribution in [0.2, 0.25) is 0 Å². The van der Waals surface area contributed by atoms with Gasteiger partial charge in [0.25, 0.3) is 0 Å². The molecule has 0 radical (unpaired) electrons. The van der Waals surface area contributed by atoms with Gasteiger partial charge in [0.1, 0.15) is 17.3 Å². The van der Waals surface area contributed by atoms with Crippen LogP contribution in [0.3, 0.4) is 0 Å². The smallest absolute Gasteiger partial charge is 0.132 e. The first-order valence-corrected chi connectivity index (χ1v) is 8.81. The molecule has 0 saturated heterocycles. The fourth-order valence-corrected chi connectivity index (χ4v) is 1.82. The molecular weight excluding hydrogens is 352 g/mol. The maximum atomic E-state index is 10.4. The molecule has 0 aliphatic rings. The van der Waals surface area contributed by atoms with Crippen molar-refractivity contribution >= 4 is 21.7 Å². The molecule has 0 aliphatic heterocycles. The van der Waals surface area contributed by atoms with Gasteiger partial charge in [-0.05, 0) is 43.7 Å². The average molecular weight is 379 g/mol. The quantitative estimate of drug-likeness (QED) is 0.578. The summed E-state index contributed by atoms with van der Waals surface area (Å²) in [4.78, 5) is 10.4. The Balaban J connectivity index is 0.000000460. The third-order valence-corrected chi connectivity index (χ3v) is 3.57. The molecule has 2 aromatic carbocycles. The highest BCUT2D eigenvalue weighted by Crippen LogP contribution is 2.23. The monoisotopic (exact) mass is 378 g/mol. The predicted octanol–water partition coefficient (Wildman–Crippen LogP) is 6.89. The second-order valence-electron chi connectivity index (χ2n) is 4.79. The lowest BCUT2D eigenvalue weighted by molar-refractivity contribution is -0.120. The van der Waals surface area contributed by atoms with E-state index in [4.69, 9.17) is 4.74 Å². The molecule has 0 N–H and O–H groups in total. The summed E-state index contributed by atoms with van der Waals surface area (Å²) in [5.41, 5.74) is 0. The summed E-state index contributed by atoms with van der Waals surface area (Å²) >= 11 is 3.40. The van der Waals surface area contributed by atoms with Gasteiger partial charge < -0.3 is 4.74 Å². The first-order valence-electron chi connectivity index (χ1n) is 8.01. The number of carbonyl (C=O) groups is 1. The highest BCUT2D eigenvalue weighted by atomic mass is 79.9. The molecule has 0 spiro atoms. The number of carbonyl (C=O) groups excluding carboxylic acids is 1. The van der Waals surface area contributed by atoms with E-state index in [1.807, 2.05) is 82.3 Å². The van der Waals surface area contributed by atoms with Crippen LogP contribution < -0.4 is 4.74 Å². The van der Waals surface area contributed by atoms with E-state index >= 15 is 0 Å². The highest BCUT2D eigenvalue weighted by molar-refractivity contribution is 9.10. The van der Waals surface area contributed by atoms with Gasteiger partial charge in [0, 0.05) is 10.4 Å². The zero-order valence-corrected chi connectivity index (χ0v) is 16.3. The number of Topliss-reactive ketones (excluding diaryl/α,β-unsaturated/α-hetero) is 1. The minimum atomic E-state index is 0.264. The largest absolute Gasteiger partial charge is 0.457 e. The molecule has 3 heteroatoms. The molecule has 2 aromatic rings. The summed E-state index contributed by atoms with van der Waals surface area (Å²) in [6.07, 6.45) is 0.968. The predicted molar refractivity (Wildman–Crippen MR) is 102 cm³/mol. The van der Waals surface area contributed by atoms with Crippen molar-refractivity contribution in [1.82, 2.24) is 0 Å². The molecule has 0 heterocycles. The Morgan fingerprint density at radius 3 is 2.04 bits per heavy atom. The number of ether oxygens (including phenoxy) is 1. The van der Waals surface area contributed by atoms with Crippen LogP contribution in [0, 0.1) is 5.92 Å². The van der Waals surface area contributed by atoms with Crippen LogP contribution >= 0.6 is 15.9 Å².